The number of carbonyl (C=O) groups is 2. The minimum absolute atomic E-state index is 0.0386. The molecule has 11 heteroatoms. The average Bonchev–Trinajstić information content (AvgIpc) is 3.08. The molecule has 1 saturated heterocycles. The molecule has 3 N–H and O–H groups in total. The summed E-state index contributed by atoms with van der Waals surface area (Å²) in [5, 5.41) is 7.80. The van der Waals surface area contributed by atoms with Crippen LogP contribution in [0.5, 0.6) is 0 Å². The van der Waals surface area contributed by atoms with Crippen molar-refractivity contribution < 1.29 is 31.2 Å². The summed E-state index contributed by atoms with van der Waals surface area (Å²) in [6.07, 6.45) is -4.66. The Labute approximate surface area is 177 Å². The van der Waals surface area contributed by atoms with Crippen LogP contribution in [0, 0.1) is 5.92 Å². The Hall–Kier alpha value is -2.92. The number of nitrogens with zero attached hydrogens (tertiary/aromatic N) is 1. The van der Waals surface area contributed by atoms with Gasteiger partial charge in [0.1, 0.15) is 0 Å². The van der Waals surface area contributed by atoms with Gasteiger partial charge >= 0.3 is 6.18 Å². The lowest BCUT2D eigenvalue weighted by Gasteiger charge is -2.20. The molecule has 2 aromatic carbocycles. The van der Waals surface area contributed by atoms with Gasteiger partial charge in [-0.25, -0.2) is 13.6 Å². The molecule has 0 unspecified atom stereocenters. The van der Waals surface area contributed by atoms with Crippen molar-refractivity contribution in [1.82, 2.24) is 5.32 Å². The lowest BCUT2D eigenvalue weighted by atomic mass is 10.1. The van der Waals surface area contributed by atoms with E-state index in [-0.39, 0.29) is 23.5 Å². The molecule has 2 aromatic rings. The molecule has 1 aliphatic heterocycles. The minimum Gasteiger partial charge on any atom is -0.349 e. The van der Waals surface area contributed by atoms with Gasteiger partial charge in [0.2, 0.25) is 21.8 Å². The normalized spacial score (nSPS) is 18.2. The molecule has 7 nitrogen and oxygen atoms in total. The first kappa shape index (κ1) is 22.8. The second-order valence-electron chi connectivity index (χ2n) is 7.30. The van der Waals surface area contributed by atoms with Gasteiger partial charge in [0.15, 0.2) is 0 Å². The number of amides is 2. The summed E-state index contributed by atoms with van der Waals surface area (Å²) in [6, 6.07) is 9.59. The first-order valence-corrected chi connectivity index (χ1v) is 10.8. The maximum Gasteiger partial charge on any atom is 0.416 e. The number of rotatable bonds is 5. The summed E-state index contributed by atoms with van der Waals surface area (Å²) in [5.41, 5.74) is -0.163. The lowest BCUT2D eigenvalue weighted by Crippen LogP contribution is -2.34. The molecule has 1 aliphatic rings. The van der Waals surface area contributed by atoms with Crippen molar-refractivity contribution in [3.05, 3.63) is 59.7 Å². The van der Waals surface area contributed by atoms with Gasteiger partial charge < -0.3 is 10.2 Å². The fraction of sp³-hybridized carbons (Fsp3) is 0.300. The van der Waals surface area contributed by atoms with Crippen molar-refractivity contribution in [2.45, 2.75) is 30.5 Å². The van der Waals surface area contributed by atoms with Crippen LogP contribution in [0.25, 0.3) is 0 Å². The highest BCUT2D eigenvalue weighted by Crippen LogP contribution is 2.33. The number of alkyl halides is 3. The van der Waals surface area contributed by atoms with Crippen LogP contribution in [-0.2, 0) is 25.8 Å². The SMILES string of the molecule is C[C@@H](NC(=O)[C@H]1CC(=O)N(c2cccc(C(F)(F)F)c2)C1)c1ccc(S(N)(=O)=O)cc1. The number of carbonyl (C=O) groups excluding carboxylic acids is 2. The molecule has 0 aliphatic carbocycles. The fourth-order valence-electron chi connectivity index (χ4n) is 3.34. The Morgan fingerprint density at radius 3 is 2.42 bits per heavy atom. The standard InChI is InChI=1S/C20H20F3N3O4S/c1-12(13-5-7-17(8-6-13)31(24,29)30)25-19(28)14-9-18(27)26(11-14)16-4-2-3-15(10-16)20(21,22)23/h2-8,10,12,14H,9,11H2,1H3,(H,25,28)(H2,24,29,30)/t12-,14+/m1/s1. The van der Waals surface area contributed by atoms with Crippen molar-refractivity contribution in [2.75, 3.05) is 11.4 Å². The van der Waals surface area contributed by atoms with E-state index >= 15 is 0 Å². The third kappa shape index (κ3) is 5.23. The molecular weight excluding hydrogens is 435 g/mol. The van der Waals surface area contributed by atoms with Gasteiger partial charge in [-0.1, -0.05) is 18.2 Å². The van der Waals surface area contributed by atoms with Crippen LogP contribution in [0.1, 0.15) is 30.5 Å². The van der Waals surface area contributed by atoms with Crippen molar-refractivity contribution in [3.8, 4) is 0 Å². The molecule has 0 saturated carbocycles. The first-order chi connectivity index (χ1) is 14.4. The molecule has 0 bridgehead atoms. The van der Waals surface area contributed by atoms with Gasteiger partial charge in [-0.05, 0) is 42.8 Å². The molecule has 2 atom stereocenters. The molecule has 0 spiro atoms. The fourth-order valence-corrected chi connectivity index (χ4v) is 3.86. The highest BCUT2D eigenvalue weighted by molar-refractivity contribution is 7.89. The van der Waals surface area contributed by atoms with Gasteiger partial charge in [0.25, 0.3) is 0 Å². The van der Waals surface area contributed by atoms with Gasteiger partial charge in [0, 0.05) is 18.7 Å². The zero-order valence-corrected chi connectivity index (χ0v) is 17.2. The summed E-state index contributed by atoms with van der Waals surface area (Å²) >= 11 is 0. The van der Waals surface area contributed by atoms with E-state index in [9.17, 15) is 31.2 Å². The third-order valence-corrected chi connectivity index (χ3v) is 5.98. The van der Waals surface area contributed by atoms with Crippen LogP contribution in [0.15, 0.2) is 53.4 Å². The van der Waals surface area contributed by atoms with Crippen LogP contribution >= 0.6 is 0 Å². The number of sulfonamides is 1. The Kier molecular flexibility index (Phi) is 6.10. The zero-order valence-electron chi connectivity index (χ0n) is 16.4. The van der Waals surface area contributed by atoms with Crippen LogP contribution in [0.4, 0.5) is 18.9 Å². The maximum absolute atomic E-state index is 12.9. The Morgan fingerprint density at radius 2 is 1.84 bits per heavy atom. The van der Waals surface area contributed by atoms with Crippen molar-refractivity contribution >= 4 is 27.5 Å². The van der Waals surface area contributed by atoms with E-state index in [1.807, 2.05) is 0 Å². The van der Waals surface area contributed by atoms with E-state index in [1.54, 1.807) is 6.92 Å². The van der Waals surface area contributed by atoms with Crippen LogP contribution in [0.3, 0.4) is 0 Å². The summed E-state index contributed by atoms with van der Waals surface area (Å²) in [6.45, 7) is 1.65. The number of hydrogen-bond donors (Lipinski definition) is 2. The minimum atomic E-state index is -4.54. The van der Waals surface area contributed by atoms with E-state index in [0.29, 0.717) is 5.56 Å². The summed E-state index contributed by atoms with van der Waals surface area (Å²) < 4.78 is 61.5. The quantitative estimate of drug-likeness (QED) is 0.722. The van der Waals surface area contributed by atoms with E-state index in [1.165, 1.54) is 41.3 Å². The molecular formula is C20H20F3N3O4S. The first-order valence-electron chi connectivity index (χ1n) is 9.27. The number of nitrogens with two attached hydrogens (primary N) is 1. The second kappa shape index (κ2) is 8.31. The molecule has 1 fully saturated rings. The lowest BCUT2D eigenvalue weighted by molar-refractivity contribution is -0.137. The van der Waals surface area contributed by atoms with Gasteiger partial charge in [-0.2, -0.15) is 13.2 Å². The van der Waals surface area contributed by atoms with Crippen molar-refractivity contribution in [2.24, 2.45) is 11.1 Å². The van der Waals surface area contributed by atoms with Gasteiger partial charge in [0.05, 0.1) is 22.4 Å². The van der Waals surface area contributed by atoms with Gasteiger partial charge in [-0.15, -0.1) is 0 Å². The van der Waals surface area contributed by atoms with Crippen LogP contribution in [-0.4, -0.2) is 26.8 Å². The molecule has 0 radical (unpaired) electrons. The second-order valence-corrected chi connectivity index (χ2v) is 8.86. The van der Waals surface area contributed by atoms with Crippen LogP contribution in [0.2, 0.25) is 0 Å². The molecule has 3 rings (SSSR count). The summed E-state index contributed by atoms with van der Waals surface area (Å²) in [7, 11) is -3.83. The topological polar surface area (TPSA) is 110 Å². The predicted molar refractivity (Wildman–Crippen MR) is 106 cm³/mol. The van der Waals surface area contributed by atoms with E-state index in [0.717, 1.165) is 12.1 Å². The number of halogens is 3. The number of anilines is 1. The molecule has 1 heterocycles. The van der Waals surface area contributed by atoms with E-state index in [2.05, 4.69) is 5.32 Å². The predicted octanol–water partition coefficient (Wildman–Crippen LogP) is 2.58. The average molecular weight is 455 g/mol. The number of hydrogen-bond acceptors (Lipinski definition) is 4. The highest BCUT2D eigenvalue weighted by atomic mass is 32.2. The maximum atomic E-state index is 12.9. The molecule has 2 amide bonds. The van der Waals surface area contributed by atoms with E-state index < -0.39 is 45.5 Å². The Bertz CT molecular complexity index is 1100. The molecule has 0 aromatic heterocycles. The molecule has 166 valence electrons. The third-order valence-electron chi connectivity index (χ3n) is 5.05. The summed E-state index contributed by atoms with van der Waals surface area (Å²) in [4.78, 5) is 26.1. The van der Waals surface area contributed by atoms with Crippen molar-refractivity contribution in [3.63, 3.8) is 0 Å². The molecule has 31 heavy (non-hydrogen) atoms. The zero-order chi connectivity index (χ0) is 23.0. The monoisotopic (exact) mass is 455 g/mol. The highest BCUT2D eigenvalue weighted by Gasteiger charge is 2.37. The van der Waals surface area contributed by atoms with Crippen molar-refractivity contribution in [1.29, 1.82) is 0 Å². The number of primary sulfonamides is 1. The van der Waals surface area contributed by atoms with E-state index in [4.69, 9.17) is 5.14 Å². The Balaban J connectivity index is 1.68. The largest absolute Gasteiger partial charge is 0.416 e. The Morgan fingerprint density at radius 1 is 1.19 bits per heavy atom. The number of benzene rings is 2. The summed E-state index contributed by atoms with van der Waals surface area (Å²) in [5.74, 6) is -1.59. The number of nitrogens with one attached hydrogen (secondary N) is 1. The van der Waals surface area contributed by atoms with Crippen LogP contribution < -0.4 is 15.4 Å². The smallest absolute Gasteiger partial charge is 0.349 e. The van der Waals surface area contributed by atoms with Gasteiger partial charge in [-0.3, -0.25) is 9.59 Å².